The molecule has 138 valence electrons. The summed E-state index contributed by atoms with van der Waals surface area (Å²) in [5, 5.41) is 10.8. The minimum absolute atomic E-state index is 0.118. The van der Waals surface area contributed by atoms with Crippen molar-refractivity contribution in [2.45, 2.75) is 77.9 Å². The van der Waals surface area contributed by atoms with Crippen molar-refractivity contribution >= 4 is 11.8 Å². The summed E-state index contributed by atoms with van der Waals surface area (Å²) in [7, 11) is 0. The van der Waals surface area contributed by atoms with Crippen molar-refractivity contribution in [2.24, 2.45) is 28.6 Å². The lowest BCUT2D eigenvalue weighted by Crippen LogP contribution is -2.56. The molecule has 4 aliphatic rings. The first kappa shape index (κ1) is 17.3. The van der Waals surface area contributed by atoms with Crippen LogP contribution in [0.25, 0.3) is 0 Å². The van der Waals surface area contributed by atoms with E-state index in [1.807, 2.05) is 0 Å². The van der Waals surface area contributed by atoms with E-state index in [-0.39, 0.29) is 23.1 Å². The zero-order valence-corrected chi connectivity index (χ0v) is 15.6. The van der Waals surface area contributed by atoms with Gasteiger partial charge in [-0.05, 0) is 72.8 Å². The number of hydrogen-bond donors (Lipinski definition) is 1. The summed E-state index contributed by atoms with van der Waals surface area (Å²) in [6.07, 6.45) is 7.85. The van der Waals surface area contributed by atoms with Gasteiger partial charge in [-0.15, -0.1) is 0 Å². The molecular formula is C21H30O4. The third kappa shape index (κ3) is 2.43. The Bertz CT molecular complexity index is 638. The predicted molar refractivity (Wildman–Crippen MR) is 93.7 cm³/mol. The summed E-state index contributed by atoms with van der Waals surface area (Å²) in [6.45, 7) is 5.98. The monoisotopic (exact) mass is 346 g/mol. The van der Waals surface area contributed by atoms with Gasteiger partial charge in [0.1, 0.15) is 12.2 Å². The van der Waals surface area contributed by atoms with E-state index in [2.05, 4.69) is 13.8 Å². The number of ketones is 1. The summed E-state index contributed by atoms with van der Waals surface area (Å²) < 4.78 is 5.31. The fraction of sp³-hybridized carbons (Fsp3) is 0.810. The molecule has 0 aromatic carbocycles. The Morgan fingerprint density at radius 3 is 2.64 bits per heavy atom. The molecule has 4 heteroatoms. The van der Waals surface area contributed by atoms with E-state index in [9.17, 15) is 14.7 Å². The van der Waals surface area contributed by atoms with E-state index in [1.54, 1.807) is 6.08 Å². The number of carbonyl (C=O) groups excluding carboxylic acids is 2. The van der Waals surface area contributed by atoms with Gasteiger partial charge in [-0.25, -0.2) is 0 Å². The van der Waals surface area contributed by atoms with Gasteiger partial charge in [-0.2, -0.15) is 0 Å². The van der Waals surface area contributed by atoms with Gasteiger partial charge < -0.3 is 9.84 Å². The second-order valence-electron chi connectivity index (χ2n) is 9.37. The summed E-state index contributed by atoms with van der Waals surface area (Å²) >= 11 is 0. The fourth-order valence-corrected chi connectivity index (χ4v) is 6.76. The Labute approximate surface area is 150 Å². The molecule has 25 heavy (non-hydrogen) atoms. The van der Waals surface area contributed by atoms with Crippen molar-refractivity contribution in [3.05, 3.63) is 11.6 Å². The van der Waals surface area contributed by atoms with E-state index < -0.39 is 12.2 Å². The van der Waals surface area contributed by atoms with Crippen molar-refractivity contribution in [2.75, 3.05) is 0 Å². The number of aliphatic hydroxyl groups excluding tert-OH is 1. The summed E-state index contributed by atoms with van der Waals surface area (Å²) in [5.41, 5.74) is 1.00. The molecule has 4 aliphatic carbocycles. The number of allylic oxidation sites excluding steroid dienone is 1. The molecule has 0 aromatic rings. The van der Waals surface area contributed by atoms with E-state index >= 15 is 0 Å². The first-order chi connectivity index (χ1) is 11.8. The van der Waals surface area contributed by atoms with Gasteiger partial charge in [0.2, 0.25) is 0 Å². The van der Waals surface area contributed by atoms with Gasteiger partial charge in [0.15, 0.2) is 5.78 Å². The van der Waals surface area contributed by atoms with Crippen LogP contribution in [0.3, 0.4) is 0 Å². The Hall–Kier alpha value is -1.16. The highest BCUT2D eigenvalue weighted by Crippen LogP contribution is 2.64. The van der Waals surface area contributed by atoms with Gasteiger partial charge in [-0.3, -0.25) is 9.59 Å². The molecule has 4 rings (SSSR count). The lowest BCUT2D eigenvalue weighted by atomic mass is 9.47. The molecule has 3 fully saturated rings. The van der Waals surface area contributed by atoms with Gasteiger partial charge in [0.25, 0.3) is 0 Å². The summed E-state index contributed by atoms with van der Waals surface area (Å²) in [4.78, 5) is 24.4. The molecule has 0 aliphatic heterocycles. The number of aliphatic hydroxyl groups is 1. The predicted octanol–water partition coefficient (Wildman–Crippen LogP) is 3.42. The maximum atomic E-state index is 13.1. The zero-order valence-electron chi connectivity index (χ0n) is 15.6. The molecule has 0 bridgehead atoms. The summed E-state index contributed by atoms with van der Waals surface area (Å²) in [6, 6.07) is 0. The van der Waals surface area contributed by atoms with Crippen molar-refractivity contribution < 1.29 is 19.4 Å². The molecule has 4 nitrogen and oxygen atoms in total. The van der Waals surface area contributed by atoms with Gasteiger partial charge >= 0.3 is 5.97 Å². The molecule has 0 amide bonds. The second kappa shape index (κ2) is 5.67. The van der Waals surface area contributed by atoms with Crippen molar-refractivity contribution in [1.82, 2.24) is 0 Å². The normalized spacial score (nSPS) is 48.9. The number of fused-ring (bicyclic) bond motifs is 5. The van der Waals surface area contributed by atoms with Crippen LogP contribution in [0.15, 0.2) is 11.6 Å². The second-order valence-corrected chi connectivity index (χ2v) is 9.37. The lowest BCUT2D eigenvalue weighted by molar-refractivity contribution is -0.157. The molecule has 0 unspecified atom stereocenters. The van der Waals surface area contributed by atoms with E-state index in [0.717, 1.165) is 18.4 Å². The third-order valence-corrected chi connectivity index (χ3v) is 8.09. The van der Waals surface area contributed by atoms with Crippen molar-refractivity contribution in [3.63, 3.8) is 0 Å². The van der Waals surface area contributed by atoms with Crippen LogP contribution in [0.4, 0.5) is 0 Å². The van der Waals surface area contributed by atoms with Crippen LogP contribution in [0.1, 0.15) is 65.7 Å². The van der Waals surface area contributed by atoms with E-state index in [1.165, 1.54) is 32.6 Å². The quantitative estimate of drug-likeness (QED) is 0.739. The largest absolute Gasteiger partial charge is 0.459 e. The standard InChI is InChI=1S/C21H30O4/c1-12(22)25-17-7-10-21(3)14-6-9-20(2)8-4-5-13(20)18(14)16(23)11-15(21)19(17)24/h11,13-14,17-19,24H,4-10H2,1-3H3/t13-,14-,17+,18-,19+,20-,21-/m1/s1. The highest BCUT2D eigenvalue weighted by atomic mass is 16.6. The number of rotatable bonds is 1. The number of ether oxygens (including phenoxy) is 1. The first-order valence-corrected chi connectivity index (χ1v) is 9.87. The number of esters is 1. The molecule has 1 N–H and O–H groups in total. The topological polar surface area (TPSA) is 63.6 Å². The highest BCUT2D eigenvalue weighted by molar-refractivity contribution is 5.94. The summed E-state index contributed by atoms with van der Waals surface area (Å²) in [5.74, 6) is 0.777. The Morgan fingerprint density at radius 2 is 1.92 bits per heavy atom. The first-order valence-electron chi connectivity index (χ1n) is 9.87. The van der Waals surface area contributed by atoms with Crippen LogP contribution in [-0.2, 0) is 14.3 Å². The van der Waals surface area contributed by atoms with E-state index in [0.29, 0.717) is 23.7 Å². The van der Waals surface area contributed by atoms with Crippen LogP contribution in [-0.4, -0.2) is 29.1 Å². The fourth-order valence-electron chi connectivity index (χ4n) is 6.76. The average Bonchev–Trinajstić information content (AvgIpc) is 2.94. The minimum Gasteiger partial charge on any atom is -0.459 e. The van der Waals surface area contributed by atoms with Crippen LogP contribution < -0.4 is 0 Å². The molecule has 0 radical (unpaired) electrons. The molecular weight excluding hydrogens is 316 g/mol. The smallest absolute Gasteiger partial charge is 0.303 e. The molecule has 0 heterocycles. The molecule has 3 saturated carbocycles. The Kier molecular flexibility index (Phi) is 3.91. The van der Waals surface area contributed by atoms with Gasteiger partial charge in [0, 0.05) is 12.8 Å². The number of carbonyl (C=O) groups is 2. The Morgan fingerprint density at radius 1 is 1.16 bits per heavy atom. The maximum absolute atomic E-state index is 13.1. The minimum atomic E-state index is -0.843. The van der Waals surface area contributed by atoms with Crippen LogP contribution in [0.2, 0.25) is 0 Å². The van der Waals surface area contributed by atoms with E-state index in [4.69, 9.17) is 4.74 Å². The van der Waals surface area contributed by atoms with Crippen LogP contribution in [0, 0.1) is 28.6 Å². The molecule has 0 spiro atoms. The molecule has 7 atom stereocenters. The number of hydrogen-bond acceptors (Lipinski definition) is 4. The molecule has 0 saturated heterocycles. The highest BCUT2D eigenvalue weighted by Gasteiger charge is 2.60. The Balaban J connectivity index is 1.70. The van der Waals surface area contributed by atoms with Gasteiger partial charge in [-0.1, -0.05) is 20.3 Å². The SMILES string of the molecule is CC(=O)O[C@H]1CC[C@@]2(C)C(=CC(=O)[C@@H]3[C@H]4CCC[C@]4(C)CC[C@H]32)[C@@H]1O. The molecule has 0 aromatic heterocycles. The lowest BCUT2D eigenvalue weighted by Gasteiger charge is -2.57. The van der Waals surface area contributed by atoms with Crippen LogP contribution >= 0.6 is 0 Å². The van der Waals surface area contributed by atoms with Crippen molar-refractivity contribution in [3.8, 4) is 0 Å². The zero-order chi connectivity index (χ0) is 18.0. The van der Waals surface area contributed by atoms with Gasteiger partial charge in [0.05, 0.1) is 0 Å². The van der Waals surface area contributed by atoms with Crippen LogP contribution in [0.5, 0.6) is 0 Å². The maximum Gasteiger partial charge on any atom is 0.303 e. The third-order valence-electron chi connectivity index (χ3n) is 8.09. The van der Waals surface area contributed by atoms with Crippen molar-refractivity contribution in [1.29, 1.82) is 0 Å². The average molecular weight is 346 g/mol.